The summed E-state index contributed by atoms with van der Waals surface area (Å²) in [5.74, 6) is 0.377. The zero-order valence-electron chi connectivity index (χ0n) is 18.7. The van der Waals surface area contributed by atoms with E-state index < -0.39 is 11.5 Å². The number of H-pyrrole nitrogens is 1. The van der Waals surface area contributed by atoms with E-state index in [9.17, 15) is 9.18 Å². The topological polar surface area (TPSA) is 73.0 Å². The molecule has 0 aliphatic heterocycles. The first-order valence-corrected chi connectivity index (χ1v) is 10.7. The summed E-state index contributed by atoms with van der Waals surface area (Å²) in [6, 6.07) is 19.4. The Morgan fingerprint density at radius 3 is 2.60 bits per heavy atom. The molecule has 0 aliphatic carbocycles. The van der Waals surface area contributed by atoms with Crippen molar-refractivity contribution < 1.29 is 13.9 Å². The van der Waals surface area contributed by atoms with Gasteiger partial charge in [0.05, 0.1) is 19.4 Å². The number of fused-ring (bicyclic) bond motifs is 1. The summed E-state index contributed by atoms with van der Waals surface area (Å²) in [5, 5.41) is 0. The average molecular weight is 466 g/mol. The highest BCUT2D eigenvalue weighted by Crippen LogP contribution is 2.38. The maximum atomic E-state index is 14.5. The number of nitrogens with one attached hydrogen (secondary N) is 1. The number of ether oxygens (including phenoxy) is 2. The minimum Gasteiger partial charge on any atom is -0.493 e. The van der Waals surface area contributed by atoms with Gasteiger partial charge in [-0.15, -0.1) is 0 Å². The number of nitrogens with zero attached hydrogens (tertiary/aromatic N) is 3. The Morgan fingerprint density at radius 2 is 1.86 bits per heavy atom. The minimum absolute atomic E-state index is 0.0967. The third-order valence-corrected chi connectivity index (χ3v) is 5.61. The van der Waals surface area contributed by atoms with E-state index in [1.807, 2.05) is 36.4 Å². The van der Waals surface area contributed by atoms with Gasteiger partial charge in [0.25, 0.3) is 0 Å². The number of rotatable bonds is 6. The number of imidazole rings is 1. The largest absolute Gasteiger partial charge is 0.493 e. The van der Waals surface area contributed by atoms with Gasteiger partial charge in [-0.2, -0.15) is 0 Å². The fourth-order valence-electron chi connectivity index (χ4n) is 3.92. The summed E-state index contributed by atoms with van der Waals surface area (Å²) < 4.78 is 27.4. The molecule has 0 unspecified atom stereocenters. The van der Waals surface area contributed by atoms with Crippen LogP contribution in [-0.4, -0.2) is 21.5 Å². The third kappa shape index (κ3) is 4.11. The van der Waals surface area contributed by atoms with Crippen LogP contribution in [0.15, 0.2) is 83.9 Å². The maximum absolute atomic E-state index is 14.5. The van der Waals surface area contributed by atoms with E-state index in [1.54, 1.807) is 31.5 Å². The molecule has 5 aromatic rings. The molecule has 0 bridgehead atoms. The first-order chi connectivity index (χ1) is 17.1. The van der Waals surface area contributed by atoms with Crippen LogP contribution in [0.1, 0.15) is 5.56 Å². The molecule has 0 saturated carbocycles. The lowest BCUT2D eigenvalue weighted by Crippen LogP contribution is -2.17. The van der Waals surface area contributed by atoms with Gasteiger partial charge >= 0.3 is 5.69 Å². The Hall–Kier alpha value is -4.90. The second kappa shape index (κ2) is 9.15. The Balaban J connectivity index is 1.68. The fraction of sp³-hybridized carbons (Fsp3) is 0.0741. The first-order valence-electron chi connectivity index (χ1n) is 10.7. The van der Waals surface area contributed by atoms with Gasteiger partial charge in [-0.25, -0.2) is 19.0 Å². The van der Waals surface area contributed by atoms with Crippen molar-refractivity contribution in [3.05, 3.63) is 112 Å². The molecular weight excluding hydrogens is 447 g/mol. The van der Waals surface area contributed by atoms with E-state index in [1.165, 1.54) is 22.7 Å². The number of benzene rings is 3. The zero-order chi connectivity index (χ0) is 24.4. The smallest absolute Gasteiger partial charge is 0.331 e. The summed E-state index contributed by atoms with van der Waals surface area (Å²) >= 11 is 0. The number of hydrogen-bond acceptors (Lipinski definition) is 4. The summed E-state index contributed by atoms with van der Waals surface area (Å²) in [7, 11) is 1.56. The van der Waals surface area contributed by atoms with Crippen LogP contribution in [0.3, 0.4) is 0 Å². The van der Waals surface area contributed by atoms with Crippen molar-refractivity contribution in [2.45, 2.75) is 6.61 Å². The lowest BCUT2D eigenvalue weighted by molar-refractivity contribution is 0.284. The number of aromatic nitrogens is 3. The lowest BCUT2D eigenvalue weighted by atomic mass is 9.99. The molecule has 0 saturated heterocycles. The molecule has 35 heavy (non-hydrogen) atoms. The number of aromatic amines is 1. The molecule has 8 heteroatoms. The minimum atomic E-state index is -0.672. The Kier molecular flexibility index (Phi) is 5.73. The van der Waals surface area contributed by atoms with Gasteiger partial charge in [0, 0.05) is 18.0 Å². The Bertz CT molecular complexity index is 1630. The van der Waals surface area contributed by atoms with Crippen LogP contribution >= 0.6 is 0 Å². The second-order valence-electron chi connectivity index (χ2n) is 7.72. The van der Waals surface area contributed by atoms with Crippen LogP contribution in [0.4, 0.5) is 10.1 Å². The molecule has 0 atom stereocenters. The van der Waals surface area contributed by atoms with Gasteiger partial charge in [0.2, 0.25) is 5.69 Å². The molecule has 7 nitrogen and oxygen atoms in total. The van der Waals surface area contributed by atoms with E-state index >= 15 is 0 Å². The van der Waals surface area contributed by atoms with E-state index in [0.29, 0.717) is 46.1 Å². The van der Waals surface area contributed by atoms with Crippen molar-refractivity contribution in [3.63, 3.8) is 0 Å². The molecule has 172 valence electrons. The Morgan fingerprint density at radius 1 is 1.06 bits per heavy atom. The molecule has 2 heterocycles. The van der Waals surface area contributed by atoms with Crippen molar-refractivity contribution in [1.82, 2.24) is 14.4 Å². The van der Waals surface area contributed by atoms with Gasteiger partial charge in [-0.1, -0.05) is 48.5 Å². The molecule has 0 amide bonds. The van der Waals surface area contributed by atoms with Crippen LogP contribution in [0.25, 0.3) is 32.9 Å². The highest BCUT2D eigenvalue weighted by atomic mass is 19.1. The van der Waals surface area contributed by atoms with Gasteiger partial charge in [-0.3, -0.25) is 4.40 Å². The first kappa shape index (κ1) is 21.9. The van der Waals surface area contributed by atoms with Gasteiger partial charge in [0.15, 0.2) is 17.1 Å². The fourth-order valence-corrected chi connectivity index (χ4v) is 3.92. The monoisotopic (exact) mass is 466 g/mol. The summed E-state index contributed by atoms with van der Waals surface area (Å²) in [6.07, 6.45) is 3.08. The lowest BCUT2D eigenvalue weighted by Gasteiger charge is -2.15. The molecule has 0 radical (unpaired) electrons. The highest BCUT2D eigenvalue weighted by molar-refractivity contribution is 5.90. The average Bonchev–Trinajstić information content (AvgIpc) is 3.38. The summed E-state index contributed by atoms with van der Waals surface area (Å²) in [4.78, 5) is 23.1. The van der Waals surface area contributed by atoms with Gasteiger partial charge in [0.1, 0.15) is 12.4 Å². The van der Waals surface area contributed by atoms with Gasteiger partial charge in [-0.05, 0) is 34.9 Å². The van der Waals surface area contributed by atoms with Crippen LogP contribution in [0.2, 0.25) is 0 Å². The summed E-state index contributed by atoms with van der Waals surface area (Å²) in [6.45, 7) is 7.44. The predicted octanol–water partition coefficient (Wildman–Crippen LogP) is 5.63. The van der Waals surface area contributed by atoms with Gasteiger partial charge < -0.3 is 14.5 Å². The number of halogens is 1. The molecule has 3 aromatic carbocycles. The van der Waals surface area contributed by atoms with E-state index in [4.69, 9.17) is 16.0 Å². The van der Waals surface area contributed by atoms with Crippen molar-refractivity contribution in [2.24, 2.45) is 0 Å². The van der Waals surface area contributed by atoms with Crippen LogP contribution < -0.4 is 15.2 Å². The normalized spacial score (nSPS) is 10.8. The van der Waals surface area contributed by atoms with E-state index in [0.717, 1.165) is 5.56 Å². The highest BCUT2D eigenvalue weighted by Gasteiger charge is 2.19. The standard InChI is InChI=1S/C27H19FN4O3/c1-29-21-10-8-19(14-20(21)28)25-24(26-30-12-13-32(26)27(33)31-25)18-9-11-22(34-2)23(15-18)35-16-17-6-4-3-5-7-17/h3-15H,16H2,2H3,(H,31,33). The van der Waals surface area contributed by atoms with Crippen molar-refractivity contribution >= 4 is 11.3 Å². The number of hydrogen-bond donors (Lipinski definition) is 1. The Labute approximate surface area is 199 Å². The van der Waals surface area contributed by atoms with Crippen molar-refractivity contribution in [3.8, 4) is 33.9 Å². The molecule has 1 N–H and O–H groups in total. The second-order valence-corrected chi connectivity index (χ2v) is 7.72. The van der Waals surface area contributed by atoms with Crippen LogP contribution in [0.5, 0.6) is 11.5 Å². The molecule has 5 rings (SSSR count). The molecular formula is C27H19FN4O3. The maximum Gasteiger partial charge on any atom is 0.331 e. The van der Waals surface area contributed by atoms with Crippen molar-refractivity contribution in [2.75, 3.05) is 7.11 Å². The SMILES string of the molecule is [C-]#[N+]c1ccc(-c2[nH]c(=O)n3ccnc3c2-c2ccc(OC)c(OCc3ccccc3)c2)cc1F. The molecule has 0 spiro atoms. The third-order valence-electron chi connectivity index (χ3n) is 5.61. The quantitative estimate of drug-likeness (QED) is 0.329. The molecule has 0 aliphatic rings. The van der Waals surface area contributed by atoms with E-state index in [2.05, 4.69) is 14.8 Å². The summed E-state index contributed by atoms with van der Waals surface area (Å²) in [5.41, 5.74) is 2.94. The van der Waals surface area contributed by atoms with Crippen molar-refractivity contribution in [1.29, 1.82) is 0 Å². The van der Waals surface area contributed by atoms with Crippen LogP contribution in [0, 0.1) is 12.4 Å². The molecule has 2 aromatic heterocycles. The number of methoxy groups -OCH3 is 1. The zero-order valence-corrected chi connectivity index (χ0v) is 18.7. The molecule has 0 fully saturated rings. The van der Waals surface area contributed by atoms with Crippen LogP contribution in [-0.2, 0) is 6.61 Å². The van der Waals surface area contributed by atoms with E-state index in [-0.39, 0.29) is 5.69 Å². The predicted molar refractivity (Wildman–Crippen MR) is 130 cm³/mol.